The van der Waals surface area contributed by atoms with Crippen molar-refractivity contribution in [3.05, 3.63) is 0 Å². The van der Waals surface area contributed by atoms with Crippen LogP contribution in [0.2, 0.25) is 0 Å². The molecule has 2 bridgehead atoms. The monoisotopic (exact) mass is 237 g/mol. The highest BCUT2D eigenvalue weighted by Gasteiger charge is 2.38. The first kappa shape index (κ1) is 13.4. The predicted octanol–water partition coefficient (Wildman–Crippen LogP) is 4.23. The van der Waals surface area contributed by atoms with Crippen LogP contribution in [0.4, 0.5) is 0 Å². The summed E-state index contributed by atoms with van der Waals surface area (Å²) in [5, 5.41) is 3.78. The van der Waals surface area contributed by atoms with E-state index in [0.29, 0.717) is 0 Å². The van der Waals surface area contributed by atoms with Gasteiger partial charge in [0.15, 0.2) is 0 Å². The molecule has 1 heteroatoms. The molecule has 4 unspecified atom stereocenters. The van der Waals surface area contributed by atoms with Crippen LogP contribution in [-0.2, 0) is 0 Å². The lowest BCUT2D eigenvalue weighted by Crippen LogP contribution is -2.33. The van der Waals surface area contributed by atoms with E-state index in [1.54, 1.807) is 6.42 Å². The minimum Gasteiger partial charge on any atom is -0.314 e. The summed E-state index contributed by atoms with van der Waals surface area (Å²) < 4.78 is 0. The van der Waals surface area contributed by atoms with E-state index in [2.05, 4.69) is 26.1 Å². The second kappa shape index (κ2) is 6.22. The molecule has 1 N–H and O–H groups in total. The standard InChI is InChI=1S/C16H31N/c1-12(2)5-4-6-13(3)17-11-16-10-14-7-8-15(16)9-14/h12-17H,4-11H2,1-3H3. The summed E-state index contributed by atoms with van der Waals surface area (Å²) >= 11 is 0. The Morgan fingerprint density at radius 3 is 2.47 bits per heavy atom. The van der Waals surface area contributed by atoms with Gasteiger partial charge in [0, 0.05) is 6.04 Å². The van der Waals surface area contributed by atoms with Crippen LogP contribution in [0.25, 0.3) is 0 Å². The van der Waals surface area contributed by atoms with Crippen LogP contribution in [0.15, 0.2) is 0 Å². The summed E-state index contributed by atoms with van der Waals surface area (Å²) in [5.41, 5.74) is 0. The molecule has 2 aliphatic rings. The van der Waals surface area contributed by atoms with Crippen LogP contribution < -0.4 is 5.32 Å². The van der Waals surface area contributed by atoms with E-state index in [1.165, 1.54) is 45.1 Å². The lowest BCUT2D eigenvalue weighted by Gasteiger charge is -2.24. The van der Waals surface area contributed by atoms with Gasteiger partial charge < -0.3 is 5.32 Å². The maximum Gasteiger partial charge on any atom is 0.00388 e. The first-order valence-corrected chi connectivity index (χ1v) is 7.88. The average molecular weight is 237 g/mol. The third kappa shape index (κ3) is 3.98. The van der Waals surface area contributed by atoms with E-state index in [0.717, 1.165) is 29.7 Å². The van der Waals surface area contributed by atoms with Crippen molar-refractivity contribution in [3.8, 4) is 0 Å². The molecule has 17 heavy (non-hydrogen) atoms. The first-order valence-electron chi connectivity index (χ1n) is 7.88. The molecule has 2 saturated carbocycles. The number of fused-ring (bicyclic) bond motifs is 2. The van der Waals surface area contributed by atoms with Crippen LogP contribution in [0.3, 0.4) is 0 Å². The van der Waals surface area contributed by atoms with Crippen LogP contribution in [0.5, 0.6) is 0 Å². The Morgan fingerprint density at radius 2 is 1.88 bits per heavy atom. The number of hydrogen-bond donors (Lipinski definition) is 1. The molecular formula is C16H31N. The molecule has 4 atom stereocenters. The molecule has 0 aliphatic heterocycles. The van der Waals surface area contributed by atoms with E-state index in [1.807, 2.05) is 0 Å². The van der Waals surface area contributed by atoms with Gasteiger partial charge in [-0.25, -0.2) is 0 Å². The highest BCUT2D eigenvalue weighted by Crippen LogP contribution is 2.47. The van der Waals surface area contributed by atoms with Crippen molar-refractivity contribution < 1.29 is 0 Å². The van der Waals surface area contributed by atoms with Crippen LogP contribution in [0.1, 0.15) is 65.7 Å². The van der Waals surface area contributed by atoms with Gasteiger partial charge in [-0.2, -0.15) is 0 Å². The largest absolute Gasteiger partial charge is 0.314 e. The molecule has 100 valence electrons. The van der Waals surface area contributed by atoms with Gasteiger partial charge in [0.2, 0.25) is 0 Å². The summed E-state index contributed by atoms with van der Waals surface area (Å²) in [7, 11) is 0. The molecular weight excluding hydrogens is 206 g/mol. The lowest BCUT2D eigenvalue weighted by molar-refractivity contribution is 0.303. The minimum absolute atomic E-state index is 0.730. The van der Waals surface area contributed by atoms with E-state index < -0.39 is 0 Å². The highest BCUT2D eigenvalue weighted by atomic mass is 14.9. The van der Waals surface area contributed by atoms with Crippen molar-refractivity contribution in [2.24, 2.45) is 23.7 Å². The maximum atomic E-state index is 3.78. The van der Waals surface area contributed by atoms with Gasteiger partial charge >= 0.3 is 0 Å². The Kier molecular flexibility index (Phi) is 4.90. The summed E-state index contributed by atoms with van der Waals surface area (Å²) in [4.78, 5) is 0. The number of rotatable bonds is 7. The summed E-state index contributed by atoms with van der Waals surface area (Å²) in [6.45, 7) is 8.32. The highest BCUT2D eigenvalue weighted by molar-refractivity contribution is 4.91. The van der Waals surface area contributed by atoms with E-state index in [4.69, 9.17) is 0 Å². The van der Waals surface area contributed by atoms with Crippen LogP contribution in [-0.4, -0.2) is 12.6 Å². The van der Waals surface area contributed by atoms with Crippen molar-refractivity contribution in [1.82, 2.24) is 5.32 Å². The summed E-state index contributed by atoms with van der Waals surface area (Å²) in [6.07, 6.45) is 10.3. The molecule has 0 aromatic rings. The first-order chi connectivity index (χ1) is 8.15. The summed E-state index contributed by atoms with van der Waals surface area (Å²) in [6, 6.07) is 0.730. The minimum atomic E-state index is 0.730. The van der Waals surface area contributed by atoms with Gasteiger partial charge in [-0.15, -0.1) is 0 Å². The Morgan fingerprint density at radius 1 is 1.06 bits per heavy atom. The predicted molar refractivity (Wildman–Crippen MR) is 75.1 cm³/mol. The van der Waals surface area contributed by atoms with Crippen molar-refractivity contribution in [3.63, 3.8) is 0 Å². The third-order valence-corrected chi connectivity index (χ3v) is 5.03. The molecule has 0 spiro atoms. The van der Waals surface area contributed by atoms with Crippen LogP contribution in [0, 0.1) is 23.7 Å². The van der Waals surface area contributed by atoms with E-state index in [-0.39, 0.29) is 0 Å². The molecule has 0 radical (unpaired) electrons. The second-order valence-electron chi connectivity index (χ2n) is 7.07. The fourth-order valence-electron chi connectivity index (χ4n) is 3.91. The zero-order valence-electron chi connectivity index (χ0n) is 12.0. The molecule has 0 aromatic heterocycles. The van der Waals surface area contributed by atoms with Gasteiger partial charge in [0.1, 0.15) is 0 Å². The Labute approximate surface area is 108 Å². The Hall–Kier alpha value is -0.0400. The zero-order chi connectivity index (χ0) is 12.3. The topological polar surface area (TPSA) is 12.0 Å². The molecule has 0 heterocycles. The fourth-order valence-corrected chi connectivity index (χ4v) is 3.91. The molecule has 2 aliphatic carbocycles. The Balaban J connectivity index is 1.55. The van der Waals surface area contributed by atoms with E-state index >= 15 is 0 Å². The molecule has 0 amide bonds. The van der Waals surface area contributed by atoms with E-state index in [9.17, 15) is 0 Å². The SMILES string of the molecule is CC(C)CCCC(C)NCC1CC2CCC1C2. The fraction of sp³-hybridized carbons (Fsp3) is 1.00. The molecule has 2 fully saturated rings. The molecule has 2 rings (SSSR count). The number of nitrogens with one attached hydrogen (secondary N) is 1. The van der Waals surface area contributed by atoms with Gasteiger partial charge in [0.05, 0.1) is 0 Å². The normalized spacial score (nSPS) is 33.5. The molecule has 0 saturated heterocycles. The Bertz CT molecular complexity index is 224. The van der Waals surface area contributed by atoms with Crippen molar-refractivity contribution >= 4 is 0 Å². The second-order valence-corrected chi connectivity index (χ2v) is 7.07. The molecule has 1 nitrogen and oxygen atoms in total. The average Bonchev–Trinajstić information content (AvgIpc) is 2.87. The molecule has 0 aromatic carbocycles. The van der Waals surface area contributed by atoms with Crippen molar-refractivity contribution in [1.29, 1.82) is 0 Å². The van der Waals surface area contributed by atoms with Gasteiger partial charge in [-0.05, 0) is 62.8 Å². The quantitative estimate of drug-likeness (QED) is 0.699. The van der Waals surface area contributed by atoms with Crippen molar-refractivity contribution in [2.45, 2.75) is 71.8 Å². The third-order valence-electron chi connectivity index (χ3n) is 5.03. The number of hydrogen-bond acceptors (Lipinski definition) is 1. The van der Waals surface area contributed by atoms with Crippen LogP contribution >= 0.6 is 0 Å². The lowest BCUT2D eigenvalue weighted by atomic mass is 9.88. The smallest absolute Gasteiger partial charge is 0.00388 e. The summed E-state index contributed by atoms with van der Waals surface area (Å²) in [5.74, 6) is 4.06. The van der Waals surface area contributed by atoms with Gasteiger partial charge in [0.25, 0.3) is 0 Å². The van der Waals surface area contributed by atoms with Gasteiger partial charge in [-0.3, -0.25) is 0 Å². The maximum absolute atomic E-state index is 3.78. The van der Waals surface area contributed by atoms with Crippen molar-refractivity contribution in [2.75, 3.05) is 6.54 Å². The zero-order valence-corrected chi connectivity index (χ0v) is 12.0. The van der Waals surface area contributed by atoms with Gasteiger partial charge in [-0.1, -0.05) is 33.1 Å².